The van der Waals surface area contributed by atoms with Crippen LogP contribution >= 0.6 is 0 Å². The van der Waals surface area contributed by atoms with Crippen molar-refractivity contribution >= 4 is 82.0 Å². The Kier molecular flexibility index (Phi) is 6.90. The molecule has 10 aromatic carbocycles. The number of fused-ring (bicyclic) bond motifs is 10. The fourth-order valence-electron chi connectivity index (χ4n) is 8.76. The molecule has 11 aromatic rings. The van der Waals surface area contributed by atoms with Crippen molar-refractivity contribution in [2.45, 2.75) is 0 Å². The van der Waals surface area contributed by atoms with Gasteiger partial charge in [0, 0.05) is 38.5 Å². The van der Waals surface area contributed by atoms with Crippen molar-refractivity contribution in [3.8, 4) is 16.8 Å². The molecule has 0 N–H and O–H groups in total. The molecule has 2 nitrogen and oxygen atoms in total. The molecule has 54 heavy (non-hydrogen) atoms. The summed E-state index contributed by atoms with van der Waals surface area (Å²) in [4.78, 5) is 2.49. The molecule has 0 amide bonds. The van der Waals surface area contributed by atoms with Crippen LogP contribution in [-0.2, 0) is 0 Å². The van der Waals surface area contributed by atoms with Gasteiger partial charge in [0.25, 0.3) is 0 Å². The second-order valence-electron chi connectivity index (χ2n) is 14.1. The van der Waals surface area contributed by atoms with Gasteiger partial charge < -0.3 is 9.47 Å². The van der Waals surface area contributed by atoms with E-state index < -0.39 is 0 Å². The van der Waals surface area contributed by atoms with Crippen LogP contribution in [0, 0.1) is 0 Å². The fourth-order valence-corrected chi connectivity index (χ4v) is 8.76. The summed E-state index contributed by atoms with van der Waals surface area (Å²) in [5.74, 6) is 0. The predicted octanol–water partition coefficient (Wildman–Crippen LogP) is 14.5. The maximum absolute atomic E-state index is 2.49. The summed E-state index contributed by atoms with van der Waals surface area (Å²) >= 11 is 0. The topological polar surface area (TPSA) is 8.17 Å². The summed E-state index contributed by atoms with van der Waals surface area (Å²) in [6.45, 7) is 0. The number of para-hydroxylation sites is 3. The van der Waals surface area contributed by atoms with E-state index in [1.165, 1.54) is 76.0 Å². The Balaban J connectivity index is 1.26. The summed E-state index contributed by atoms with van der Waals surface area (Å²) < 4.78 is 2.41. The van der Waals surface area contributed by atoms with Gasteiger partial charge in [-0.15, -0.1) is 0 Å². The van der Waals surface area contributed by atoms with Crippen LogP contribution in [0.15, 0.2) is 206 Å². The molecule has 11 rings (SSSR count). The summed E-state index contributed by atoms with van der Waals surface area (Å²) in [6, 6.07) is 75.4. The molecule has 0 atom stereocenters. The lowest BCUT2D eigenvalue weighted by Crippen LogP contribution is -2.12. The zero-order chi connectivity index (χ0) is 35.6. The van der Waals surface area contributed by atoms with Crippen molar-refractivity contribution in [1.29, 1.82) is 0 Å². The van der Waals surface area contributed by atoms with E-state index in [0.29, 0.717) is 0 Å². The molecule has 0 unspecified atom stereocenters. The molecule has 252 valence electrons. The Morgan fingerprint density at radius 3 is 1.70 bits per heavy atom. The zero-order valence-electron chi connectivity index (χ0n) is 29.5. The van der Waals surface area contributed by atoms with Gasteiger partial charge in [-0.1, -0.05) is 164 Å². The van der Waals surface area contributed by atoms with Crippen LogP contribution in [0.4, 0.5) is 17.1 Å². The van der Waals surface area contributed by atoms with Crippen LogP contribution < -0.4 is 4.90 Å². The lowest BCUT2D eigenvalue weighted by molar-refractivity contribution is 1.17. The first-order chi connectivity index (χ1) is 26.8. The third-order valence-corrected chi connectivity index (χ3v) is 11.1. The van der Waals surface area contributed by atoms with Crippen LogP contribution in [-0.4, -0.2) is 4.57 Å². The quantitative estimate of drug-likeness (QED) is 0.164. The highest BCUT2D eigenvalue weighted by molar-refractivity contribution is 6.30. The van der Waals surface area contributed by atoms with Crippen molar-refractivity contribution in [3.63, 3.8) is 0 Å². The molecule has 0 radical (unpaired) electrons. The summed E-state index contributed by atoms with van der Waals surface area (Å²) in [7, 11) is 0. The molecule has 0 bridgehead atoms. The average Bonchev–Trinajstić information content (AvgIpc) is 3.58. The van der Waals surface area contributed by atoms with E-state index in [2.05, 4.69) is 216 Å². The molecular formula is C52H34N2. The summed E-state index contributed by atoms with van der Waals surface area (Å²) in [5.41, 5.74) is 9.22. The van der Waals surface area contributed by atoms with Gasteiger partial charge in [-0.25, -0.2) is 0 Å². The molecule has 0 spiro atoms. The Hall–Kier alpha value is -7.16. The maximum atomic E-state index is 2.49. The van der Waals surface area contributed by atoms with Crippen LogP contribution in [0.2, 0.25) is 0 Å². The molecule has 0 aliphatic heterocycles. The number of hydrogen-bond donors (Lipinski definition) is 0. The van der Waals surface area contributed by atoms with E-state index in [1.54, 1.807) is 0 Å². The molecule has 1 aromatic heterocycles. The first-order valence-electron chi connectivity index (χ1n) is 18.6. The van der Waals surface area contributed by atoms with E-state index in [4.69, 9.17) is 0 Å². The van der Waals surface area contributed by atoms with E-state index in [-0.39, 0.29) is 0 Å². The van der Waals surface area contributed by atoms with Crippen LogP contribution in [0.25, 0.3) is 81.7 Å². The highest BCUT2D eigenvalue weighted by Gasteiger charge is 2.23. The van der Waals surface area contributed by atoms with Gasteiger partial charge in [-0.3, -0.25) is 0 Å². The lowest BCUT2D eigenvalue weighted by Gasteiger charge is -2.30. The second kappa shape index (κ2) is 12.2. The van der Waals surface area contributed by atoms with E-state index >= 15 is 0 Å². The van der Waals surface area contributed by atoms with Gasteiger partial charge in [0.05, 0.1) is 22.4 Å². The number of hydrogen-bond acceptors (Lipinski definition) is 1. The smallest absolute Gasteiger partial charge is 0.0546 e. The normalized spacial score (nSPS) is 11.7. The van der Waals surface area contributed by atoms with E-state index in [1.807, 2.05) is 0 Å². The van der Waals surface area contributed by atoms with Crippen molar-refractivity contribution in [2.24, 2.45) is 0 Å². The van der Waals surface area contributed by atoms with Crippen LogP contribution in [0.3, 0.4) is 0 Å². The van der Waals surface area contributed by atoms with Crippen molar-refractivity contribution < 1.29 is 0 Å². The minimum atomic E-state index is 1.09. The van der Waals surface area contributed by atoms with Gasteiger partial charge in [0.15, 0.2) is 0 Å². The molecule has 2 heteroatoms. The van der Waals surface area contributed by atoms with E-state index in [9.17, 15) is 0 Å². The molecule has 1 heterocycles. The third-order valence-electron chi connectivity index (χ3n) is 11.1. The van der Waals surface area contributed by atoms with Gasteiger partial charge >= 0.3 is 0 Å². The van der Waals surface area contributed by atoms with E-state index in [0.717, 1.165) is 22.7 Å². The molecule has 0 saturated carbocycles. The number of rotatable bonds is 5. The largest absolute Gasteiger partial charge is 0.309 e. The van der Waals surface area contributed by atoms with Gasteiger partial charge in [0.1, 0.15) is 0 Å². The Morgan fingerprint density at radius 1 is 0.333 bits per heavy atom. The number of aromatic nitrogens is 1. The number of benzene rings is 10. The van der Waals surface area contributed by atoms with Crippen molar-refractivity contribution in [1.82, 2.24) is 4.57 Å². The Morgan fingerprint density at radius 2 is 0.926 bits per heavy atom. The van der Waals surface area contributed by atoms with Crippen LogP contribution in [0.1, 0.15) is 0 Å². The van der Waals surface area contributed by atoms with Crippen molar-refractivity contribution in [2.75, 3.05) is 4.90 Å². The van der Waals surface area contributed by atoms with Gasteiger partial charge in [0.2, 0.25) is 0 Å². The van der Waals surface area contributed by atoms with Gasteiger partial charge in [-0.05, 0) is 80.3 Å². The lowest BCUT2D eigenvalue weighted by atomic mass is 9.91. The maximum Gasteiger partial charge on any atom is 0.0546 e. The second-order valence-corrected chi connectivity index (χ2v) is 14.1. The monoisotopic (exact) mass is 686 g/mol. The average molecular weight is 687 g/mol. The highest BCUT2D eigenvalue weighted by atomic mass is 15.1. The predicted molar refractivity (Wildman–Crippen MR) is 231 cm³/mol. The summed E-state index contributed by atoms with van der Waals surface area (Å²) in [6.07, 6.45) is 0. The number of anilines is 3. The molecule has 0 aliphatic rings. The SMILES string of the molecule is c1ccc(-c2ccccc2N(c2cccc(-n3c4ccccc4c4ccccc43)c2)c2cc3ccccc3c3c2ccc2ccc4ccccc4c23)cc1. The molecule has 0 fully saturated rings. The highest BCUT2D eigenvalue weighted by Crippen LogP contribution is 2.48. The Labute approximate surface area is 313 Å². The summed E-state index contributed by atoms with van der Waals surface area (Å²) in [5, 5.41) is 12.5. The minimum absolute atomic E-state index is 1.09. The zero-order valence-corrected chi connectivity index (χ0v) is 29.5. The molecule has 0 saturated heterocycles. The minimum Gasteiger partial charge on any atom is -0.309 e. The van der Waals surface area contributed by atoms with Gasteiger partial charge in [-0.2, -0.15) is 0 Å². The standard InChI is InChI=1S/C52H34N2/c1-2-15-35(16-3-1)41-21-8-11-26-47(41)54(40-20-14-19-39(34-40)53-48-27-12-9-24-44(48)45-25-10-13-28-49(45)53)50-33-38-18-5-7-23-43(38)52-46(50)32-31-37-30-29-36-17-4-6-22-42(36)51(37)52/h1-34H. The van der Waals surface area contributed by atoms with Crippen molar-refractivity contribution in [3.05, 3.63) is 206 Å². The molecule has 0 aliphatic carbocycles. The fraction of sp³-hybridized carbons (Fsp3) is 0. The first-order valence-corrected chi connectivity index (χ1v) is 18.6. The Bertz CT molecular complexity index is 3170. The van der Waals surface area contributed by atoms with Crippen LogP contribution in [0.5, 0.6) is 0 Å². The third kappa shape index (κ3) is 4.67. The molecular weight excluding hydrogens is 653 g/mol. The number of nitrogens with zero attached hydrogens (tertiary/aromatic N) is 2. The first kappa shape index (κ1) is 30.5.